The second-order valence-electron chi connectivity index (χ2n) is 10.9. The Kier molecular flexibility index (Phi) is 7.40. The standard InChI is InChI=1S/C31H35N5O4/c32-26-10-7-21(31(38)35-29(20-3-4-20)30-27(37)2-1-13-34-30)16-25(26)28(33)19-5-8-23(9-6-19)40-24-11-14-36(15-12-24)22-17-39-18-22/h1-2,5-10,13,16,20,22,24,29,33,37H,3-4,11-12,14-15,17-18,32H2,(H,35,38). The second kappa shape index (κ2) is 11.3. The number of nitrogens with two attached hydrogens (primary N) is 1. The summed E-state index contributed by atoms with van der Waals surface area (Å²) < 4.78 is 11.5. The lowest BCUT2D eigenvalue weighted by molar-refractivity contribution is -0.0778. The molecule has 2 saturated heterocycles. The predicted octanol–water partition coefficient (Wildman–Crippen LogP) is 3.91. The van der Waals surface area contributed by atoms with Gasteiger partial charge < -0.3 is 25.6 Å². The minimum absolute atomic E-state index is 0.0705. The minimum atomic E-state index is -0.374. The largest absolute Gasteiger partial charge is 0.506 e. The molecule has 0 bridgehead atoms. The molecule has 40 heavy (non-hydrogen) atoms. The van der Waals surface area contributed by atoms with Gasteiger partial charge in [-0.15, -0.1) is 0 Å². The van der Waals surface area contributed by atoms with Crippen LogP contribution in [0.15, 0.2) is 60.8 Å². The lowest BCUT2D eigenvalue weighted by Crippen LogP contribution is -2.52. The molecule has 3 heterocycles. The minimum Gasteiger partial charge on any atom is -0.506 e. The molecule has 9 nitrogen and oxygen atoms in total. The zero-order chi connectivity index (χ0) is 27.6. The molecule has 5 N–H and O–H groups in total. The molecule has 1 saturated carbocycles. The molecule has 2 aromatic carbocycles. The van der Waals surface area contributed by atoms with Gasteiger partial charge in [0.05, 0.1) is 31.0 Å². The molecule has 3 aromatic rings. The molecule has 6 rings (SSSR count). The third kappa shape index (κ3) is 5.66. The van der Waals surface area contributed by atoms with Crippen LogP contribution in [0.3, 0.4) is 0 Å². The Morgan fingerprint density at radius 2 is 1.80 bits per heavy atom. The lowest BCUT2D eigenvalue weighted by atomic mass is 9.98. The Hall–Kier alpha value is -3.95. The van der Waals surface area contributed by atoms with E-state index < -0.39 is 0 Å². The van der Waals surface area contributed by atoms with Crippen molar-refractivity contribution in [2.75, 3.05) is 32.0 Å². The van der Waals surface area contributed by atoms with Gasteiger partial charge in [-0.1, -0.05) is 0 Å². The zero-order valence-electron chi connectivity index (χ0n) is 22.4. The monoisotopic (exact) mass is 541 g/mol. The average Bonchev–Trinajstić information content (AvgIpc) is 3.78. The van der Waals surface area contributed by atoms with Gasteiger partial charge in [0.2, 0.25) is 0 Å². The van der Waals surface area contributed by atoms with Gasteiger partial charge in [-0.25, -0.2) is 0 Å². The molecule has 2 aliphatic heterocycles. The third-order valence-corrected chi connectivity index (χ3v) is 8.13. The van der Waals surface area contributed by atoms with E-state index in [1.165, 1.54) is 0 Å². The first-order valence-corrected chi connectivity index (χ1v) is 14.0. The maximum atomic E-state index is 13.2. The van der Waals surface area contributed by atoms with Crippen LogP contribution >= 0.6 is 0 Å². The average molecular weight is 542 g/mol. The van der Waals surface area contributed by atoms with Gasteiger partial charge in [0, 0.05) is 41.7 Å². The maximum Gasteiger partial charge on any atom is 0.251 e. The van der Waals surface area contributed by atoms with Gasteiger partial charge in [-0.2, -0.15) is 0 Å². The van der Waals surface area contributed by atoms with E-state index in [0.29, 0.717) is 34.1 Å². The van der Waals surface area contributed by atoms with E-state index in [0.717, 1.165) is 57.7 Å². The zero-order valence-corrected chi connectivity index (χ0v) is 22.4. The first kappa shape index (κ1) is 26.3. The Balaban J connectivity index is 1.11. The number of hydrogen-bond acceptors (Lipinski definition) is 8. The number of anilines is 1. The summed E-state index contributed by atoms with van der Waals surface area (Å²) in [4.78, 5) is 20.0. The van der Waals surface area contributed by atoms with E-state index in [4.69, 9.17) is 20.6 Å². The van der Waals surface area contributed by atoms with Gasteiger partial charge in [-0.05, 0) is 86.2 Å². The molecule has 208 valence electrons. The van der Waals surface area contributed by atoms with Crippen LogP contribution in [0.25, 0.3) is 0 Å². The highest BCUT2D eigenvalue weighted by atomic mass is 16.5. The number of benzene rings is 2. The van der Waals surface area contributed by atoms with Crippen LogP contribution in [0.5, 0.6) is 11.5 Å². The first-order valence-electron chi connectivity index (χ1n) is 14.0. The van der Waals surface area contributed by atoms with Crippen molar-refractivity contribution in [3.63, 3.8) is 0 Å². The van der Waals surface area contributed by atoms with Crippen LogP contribution in [-0.2, 0) is 4.74 Å². The van der Waals surface area contributed by atoms with Crippen molar-refractivity contribution < 1.29 is 19.4 Å². The summed E-state index contributed by atoms with van der Waals surface area (Å²) >= 11 is 0. The Labute approximate surface area is 233 Å². The lowest BCUT2D eigenvalue weighted by Gasteiger charge is -2.41. The quantitative estimate of drug-likeness (QED) is 0.238. The Bertz CT molecular complexity index is 1380. The summed E-state index contributed by atoms with van der Waals surface area (Å²) in [6, 6.07) is 15.9. The van der Waals surface area contributed by atoms with Crippen LogP contribution in [0, 0.1) is 11.3 Å². The van der Waals surface area contributed by atoms with Crippen LogP contribution in [0.2, 0.25) is 0 Å². The topological polar surface area (TPSA) is 134 Å². The summed E-state index contributed by atoms with van der Waals surface area (Å²) in [6.45, 7) is 3.73. The van der Waals surface area contributed by atoms with E-state index in [2.05, 4.69) is 15.2 Å². The number of nitrogens with zero attached hydrogens (tertiary/aromatic N) is 2. The molecule has 1 atom stereocenters. The fraction of sp³-hybridized carbons (Fsp3) is 0.387. The first-order chi connectivity index (χ1) is 19.5. The van der Waals surface area contributed by atoms with Gasteiger partial charge in [0.25, 0.3) is 5.91 Å². The summed E-state index contributed by atoms with van der Waals surface area (Å²) in [7, 11) is 0. The molecular formula is C31H35N5O4. The van der Waals surface area contributed by atoms with Crippen LogP contribution < -0.4 is 15.8 Å². The molecule has 0 radical (unpaired) electrons. The normalized spacial score (nSPS) is 19.0. The number of nitrogen functional groups attached to an aromatic ring is 1. The molecule has 1 unspecified atom stereocenters. The SMILES string of the molecule is N=C(c1ccc(OC2CCN(C3COC3)CC2)cc1)c1cc(C(=O)NC(c2ncccc2O)C2CC2)ccc1N. The number of carbonyl (C=O) groups excluding carboxylic acids is 1. The van der Waals surface area contributed by atoms with Crippen molar-refractivity contribution >= 4 is 17.3 Å². The van der Waals surface area contributed by atoms with Crippen LogP contribution in [0.4, 0.5) is 5.69 Å². The molecule has 1 aliphatic carbocycles. The van der Waals surface area contributed by atoms with Crippen molar-refractivity contribution in [2.45, 2.75) is 43.9 Å². The number of pyridine rings is 1. The molecule has 3 fully saturated rings. The Morgan fingerprint density at radius 1 is 1.07 bits per heavy atom. The second-order valence-corrected chi connectivity index (χ2v) is 10.9. The van der Waals surface area contributed by atoms with Gasteiger partial charge >= 0.3 is 0 Å². The highest BCUT2D eigenvalue weighted by Gasteiger charge is 2.36. The molecule has 3 aliphatic rings. The summed E-state index contributed by atoms with van der Waals surface area (Å²) in [5.41, 5.74) is 8.94. The fourth-order valence-corrected chi connectivity index (χ4v) is 5.47. The van der Waals surface area contributed by atoms with E-state index >= 15 is 0 Å². The number of nitrogens with one attached hydrogen (secondary N) is 2. The number of aromatic hydroxyl groups is 1. The molecule has 1 aromatic heterocycles. The molecule has 1 amide bonds. The number of carbonyl (C=O) groups is 1. The number of rotatable bonds is 9. The van der Waals surface area contributed by atoms with Crippen molar-refractivity contribution in [1.29, 1.82) is 5.41 Å². The Morgan fingerprint density at radius 3 is 2.45 bits per heavy atom. The van der Waals surface area contributed by atoms with E-state index in [1.54, 1.807) is 36.5 Å². The number of hydrogen-bond donors (Lipinski definition) is 4. The van der Waals surface area contributed by atoms with Gasteiger partial charge in [-0.3, -0.25) is 20.1 Å². The number of ether oxygens (including phenoxy) is 2. The van der Waals surface area contributed by atoms with E-state index in [1.807, 2.05) is 24.3 Å². The number of amides is 1. The van der Waals surface area contributed by atoms with Gasteiger partial charge in [0.15, 0.2) is 0 Å². The van der Waals surface area contributed by atoms with Gasteiger partial charge in [0.1, 0.15) is 23.3 Å². The summed E-state index contributed by atoms with van der Waals surface area (Å²) in [5.74, 6) is 0.797. The van der Waals surface area contributed by atoms with E-state index in [9.17, 15) is 9.90 Å². The van der Waals surface area contributed by atoms with Crippen molar-refractivity contribution in [1.82, 2.24) is 15.2 Å². The number of aromatic nitrogens is 1. The molecular weight excluding hydrogens is 506 g/mol. The fourth-order valence-electron chi connectivity index (χ4n) is 5.47. The third-order valence-electron chi connectivity index (χ3n) is 8.13. The highest BCUT2D eigenvalue weighted by molar-refractivity contribution is 6.14. The number of piperidine rings is 1. The van der Waals surface area contributed by atoms with Crippen LogP contribution in [0.1, 0.15) is 58.9 Å². The van der Waals surface area contributed by atoms with Crippen molar-refractivity contribution in [2.24, 2.45) is 5.92 Å². The highest BCUT2D eigenvalue weighted by Crippen LogP contribution is 2.42. The van der Waals surface area contributed by atoms with E-state index in [-0.39, 0.29) is 35.4 Å². The van der Waals surface area contributed by atoms with Crippen LogP contribution in [-0.4, -0.2) is 65.1 Å². The molecule has 0 spiro atoms. The van der Waals surface area contributed by atoms with Crippen molar-refractivity contribution in [3.05, 3.63) is 83.2 Å². The van der Waals surface area contributed by atoms with Crippen molar-refractivity contribution in [3.8, 4) is 11.5 Å². The smallest absolute Gasteiger partial charge is 0.251 e. The summed E-state index contributed by atoms with van der Waals surface area (Å²) in [5, 5.41) is 22.2. The summed E-state index contributed by atoms with van der Waals surface area (Å²) in [6.07, 6.45) is 5.70. The maximum absolute atomic E-state index is 13.2. The number of likely N-dealkylation sites (tertiary alicyclic amines) is 1. The molecule has 9 heteroatoms. The predicted molar refractivity (Wildman–Crippen MR) is 152 cm³/mol.